The van der Waals surface area contributed by atoms with E-state index in [0.717, 1.165) is 50.9 Å². The summed E-state index contributed by atoms with van der Waals surface area (Å²) in [5, 5.41) is 3.13. The second-order valence-corrected chi connectivity index (χ2v) is 4.53. The van der Waals surface area contributed by atoms with Crippen LogP contribution in [0.2, 0.25) is 0 Å². The number of nitrogens with one attached hydrogen (secondary N) is 1. The molecule has 0 atom stereocenters. The molecule has 0 bridgehead atoms. The van der Waals surface area contributed by atoms with Gasteiger partial charge in [-0.1, -0.05) is 6.07 Å². The van der Waals surface area contributed by atoms with Crippen LogP contribution in [-0.4, -0.2) is 51.4 Å². The SMILES string of the molecule is CNc1ccc(C)c(OCCN2CCOCC2)c1. The highest BCUT2D eigenvalue weighted by Crippen LogP contribution is 2.22. The van der Waals surface area contributed by atoms with Gasteiger partial charge in [-0.3, -0.25) is 4.90 Å². The van der Waals surface area contributed by atoms with Crippen molar-refractivity contribution in [1.82, 2.24) is 4.90 Å². The van der Waals surface area contributed by atoms with Crippen LogP contribution in [0.3, 0.4) is 0 Å². The Morgan fingerprint density at radius 1 is 1.33 bits per heavy atom. The maximum Gasteiger partial charge on any atom is 0.124 e. The topological polar surface area (TPSA) is 33.7 Å². The minimum Gasteiger partial charge on any atom is -0.492 e. The van der Waals surface area contributed by atoms with E-state index < -0.39 is 0 Å². The van der Waals surface area contributed by atoms with Crippen molar-refractivity contribution in [2.24, 2.45) is 0 Å². The van der Waals surface area contributed by atoms with Gasteiger partial charge < -0.3 is 14.8 Å². The molecule has 1 N–H and O–H groups in total. The monoisotopic (exact) mass is 250 g/mol. The number of hydrogen-bond acceptors (Lipinski definition) is 4. The summed E-state index contributed by atoms with van der Waals surface area (Å²) < 4.78 is 11.2. The third kappa shape index (κ3) is 3.62. The van der Waals surface area contributed by atoms with Gasteiger partial charge in [0, 0.05) is 38.4 Å². The number of aryl methyl sites for hydroxylation is 1. The molecule has 0 unspecified atom stereocenters. The Bertz CT molecular complexity index is 376. The van der Waals surface area contributed by atoms with E-state index in [1.807, 2.05) is 7.05 Å². The molecule has 4 heteroatoms. The summed E-state index contributed by atoms with van der Waals surface area (Å²) in [5.41, 5.74) is 2.26. The van der Waals surface area contributed by atoms with Gasteiger partial charge in [-0.15, -0.1) is 0 Å². The Balaban J connectivity index is 1.81. The molecule has 2 rings (SSSR count). The van der Waals surface area contributed by atoms with Gasteiger partial charge >= 0.3 is 0 Å². The summed E-state index contributed by atoms with van der Waals surface area (Å²) in [6.07, 6.45) is 0. The van der Waals surface area contributed by atoms with Gasteiger partial charge in [-0.2, -0.15) is 0 Å². The van der Waals surface area contributed by atoms with Crippen LogP contribution in [0.25, 0.3) is 0 Å². The third-order valence-electron chi connectivity index (χ3n) is 3.25. The molecule has 0 amide bonds. The van der Waals surface area contributed by atoms with Crippen LogP contribution in [-0.2, 0) is 4.74 Å². The predicted octanol–water partition coefficient (Wildman–Crippen LogP) is 1.75. The van der Waals surface area contributed by atoms with Crippen LogP contribution in [0.4, 0.5) is 5.69 Å². The van der Waals surface area contributed by atoms with Crippen LogP contribution in [0.15, 0.2) is 18.2 Å². The molecule has 0 saturated carbocycles. The first-order valence-electron chi connectivity index (χ1n) is 6.51. The van der Waals surface area contributed by atoms with Crippen molar-refractivity contribution in [2.45, 2.75) is 6.92 Å². The molecule has 1 aliphatic heterocycles. The molecule has 18 heavy (non-hydrogen) atoms. The van der Waals surface area contributed by atoms with Gasteiger partial charge in [0.25, 0.3) is 0 Å². The highest BCUT2D eigenvalue weighted by molar-refractivity contribution is 5.51. The van der Waals surface area contributed by atoms with E-state index in [4.69, 9.17) is 9.47 Å². The van der Waals surface area contributed by atoms with E-state index in [-0.39, 0.29) is 0 Å². The van der Waals surface area contributed by atoms with Crippen molar-refractivity contribution in [3.63, 3.8) is 0 Å². The van der Waals surface area contributed by atoms with E-state index in [1.165, 1.54) is 5.56 Å². The minimum absolute atomic E-state index is 0.730. The van der Waals surface area contributed by atoms with E-state index in [0.29, 0.717) is 0 Å². The van der Waals surface area contributed by atoms with Crippen LogP contribution in [0.1, 0.15) is 5.56 Å². The summed E-state index contributed by atoms with van der Waals surface area (Å²) in [4.78, 5) is 2.38. The average molecular weight is 250 g/mol. The largest absolute Gasteiger partial charge is 0.492 e. The first kappa shape index (κ1) is 13.2. The maximum atomic E-state index is 5.86. The van der Waals surface area contributed by atoms with E-state index in [2.05, 4.69) is 35.3 Å². The lowest BCUT2D eigenvalue weighted by molar-refractivity contribution is 0.0322. The molecule has 1 aromatic rings. The summed E-state index contributed by atoms with van der Waals surface area (Å²) in [5.74, 6) is 0.968. The van der Waals surface area contributed by atoms with Gasteiger partial charge in [0.1, 0.15) is 12.4 Å². The fourth-order valence-electron chi connectivity index (χ4n) is 2.02. The number of anilines is 1. The molecule has 0 aliphatic carbocycles. The number of ether oxygens (including phenoxy) is 2. The smallest absolute Gasteiger partial charge is 0.124 e. The van der Waals surface area contributed by atoms with E-state index >= 15 is 0 Å². The Hall–Kier alpha value is -1.26. The highest BCUT2D eigenvalue weighted by Gasteiger charge is 2.10. The first-order valence-corrected chi connectivity index (χ1v) is 6.51. The summed E-state index contributed by atoms with van der Waals surface area (Å²) in [6, 6.07) is 6.19. The van der Waals surface area contributed by atoms with Gasteiger partial charge in [-0.25, -0.2) is 0 Å². The lowest BCUT2D eigenvalue weighted by Crippen LogP contribution is -2.38. The van der Waals surface area contributed by atoms with Crippen molar-refractivity contribution in [2.75, 3.05) is 51.8 Å². The molecule has 1 aliphatic rings. The van der Waals surface area contributed by atoms with Crippen molar-refractivity contribution >= 4 is 5.69 Å². The van der Waals surface area contributed by atoms with Crippen molar-refractivity contribution in [3.05, 3.63) is 23.8 Å². The molecule has 1 saturated heterocycles. The second-order valence-electron chi connectivity index (χ2n) is 4.53. The zero-order valence-corrected chi connectivity index (χ0v) is 11.2. The Kier molecular flexibility index (Phi) is 4.84. The van der Waals surface area contributed by atoms with Crippen LogP contribution >= 0.6 is 0 Å². The number of nitrogens with zero attached hydrogens (tertiary/aromatic N) is 1. The Morgan fingerprint density at radius 3 is 2.83 bits per heavy atom. The maximum absolute atomic E-state index is 5.86. The summed E-state index contributed by atoms with van der Waals surface area (Å²) in [6.45, 7) is 7.48. The lowest BCUT2D eigenvalue weighted by atomic mass is 10.2. The van der Waals surface area contributed by atoms with Gasteiger partial charge in [0.05, 0.1) is 13.2 Å². The average Bonchev–Trinajstić information content (AvgIpc) is 2.42. The fourth-order valence-corrected chi connectivity index (χ4v) is 2.02. The molecule has 1 aromatic carbocycles. The third-order valence-corrected chi connectivity index (χ3v) is 3.25. The molecular formula is C14H22N2O2. The molecule has 0 spiro atoms. The fraction of sp³-hybridized carbons (Fsp3) is 0.571. The van der Waals surface area contributed by atoms with Crippen LogP contribution in [0.5, 0.6) is 5.75 Å². The van der Waals surface area contributed by atoms with Crippen molar-refractivity contribution in [1.29, 1.82) is 0 Å². The number of benzene rings is 1. The van der Waals surface area contributed by atoms with Crippen LogP contribution < -0.4 is 10.1 Å². The first-order chi connectivity index (χ1) is 8.79. The molecule has 4 nitrogen and oxygen atoms in total. The molecule has 1 fully saturated rings. The van der Waals surface area contributed by atoms with Gasteiger partial charge in [-0.05, 0) is 18.6 Å². The van der Waals surface area contributed by atoms with Gasteiger partial charge in [0.15, 0.2) is 0 Å². The Morgan fingerprint density at radius 2 is 2.11 bits per heavy atom. The lowest BCUT2D eigenvalue weighted by Gasteiger charge is -2.26. The number of rotatable bonds is 5. The standard InChI is InChI=1S/C14H22N2O2/c1-12-3-4-13(15-2)11-14(12)18-10-7-16-5-8-17-9-6-16/h3-4,11,15H,5-10H2,1-2H3. The normalized spacial score (nSPS) is 16.6. The number of morpholine rings is 1. The zero-order valence-electron chi connectivity index (χ0n) is 11.2. The van der Waals surface area contributed by atoms with E-state index in [1.54, 1.807) is 0 Å². The molecule has 0 aromatic heterocycles. The Labute approximate surface area is 109 Å². The zero-order chi connectivity index (χ0) is 12.8. The number of hydrogen-bond donors (Lipinski definition) is 1. The predicted molar refractivity (Wildman–Crippen MR) is 73.5 cm³/mol. The second kappa shape index (κ2) is 6.61. The quantitative estimate of drug-likeness (QED) is 0.863. The van der Waals surface area contributed by atoms with Crippen molar-refractivity contribution in [3.8, 4) is 5.75 Å². The molecular weight excluding hydrogens is 228 g/mol. The molecule has 0 radical (unpaired) electrons. The summed E-state index contributed by atoms with van der Waals surface area (Å²) in [7, 11) is 1.92. The van der Waals surface area contributed by atoms with Crippen LogP contribution in [0, 0.1) is 6.92 Å². The van der Waals surface area contributed by atoms with Crippen molar-refractivity contribution < 1.29 is 9.47 Å². The molecule has 100 valence electrons. The highest BCUT2D eigenvalue weighted by atomic mass is 16.5. The minimum atomic E-state index is 0.730. The molecule has 1 heterocycles. The van der Waals surface area contributed by atoms with Gasteiger partial charge in [0.2, 0.25) is 0 Å². The van der Waals surface area contributed by atoms with E-state index in [9.17, 15) is 0 Å². The summed E-state index contributed by atoms with van der Waals surface area (Å²) >= 11 is 0.